The monoisotopic (exact) mass is 330 g/mol. The third kappa shape index (κ3) is 3.57. The Hall–Kier alpha value is -2.25. The molecule has 1 aromatic carbocycles. The number of benzene rings is 1. The minimum Gasteiger partial charge on any atom is -0.465 e. The SMILES string of the molecule is C[C@@H]1CN(C(=O)O)[C@@H](C)CN1C(=O)c1cccc(C(F)(F)F)c1. The van der Waals surface area contributed by atoms with E-state index in [4.69, 9.17) is 5.11 Å². The van der Waals surface area contributed by atoms with Gasteiger partial charge in [-0.15, -0.1) is 0 Å². The van der Waals surface area contributed by atoms with Crippen molar-refractivity contribution in [2.45, 2.75) is 32.1 Å². The van der Waals surface area contributed by atoms with Crippen molar-refractivity contribution in [2.24, 2.45) is 0 Å². The van der Waals surface area contributed by atoms with Crippen molar-refractivity contribution in [3.05, 3.63) is 35.4 Å². The number of amides is 2. The normalized spacial score (nSPS) is 22.1. The van der Waals surface area contributed by atoms with Crippen LogP contribution in [0.1, 0.15) is 29.8 Å². The molecule has 1 saturated heterocycles. The van der Waals surface area contributed by atoms with Crippen LogP contribution in [0.4, 0.5) is 18.0 Å². The molecule has 8 heteroatoms. The lowest BCUT2D eigenvalue weighted by molar-refractivity contribution is -0.137. The summed E-state index contributed by atoms with van der Waals surface area (Å²) in [6.45, 7) is 3.60. The summed E-state index contributed by atoms with van der Waals surface area (Å²) in [7, 11) is 0. The first kappa shape index (κ1) is 17.1. The van der Waals surface area contributed by atoms with Gasteiger partial charge in [-0.3, -0.25) is 4.79 Å². The van der Waals surface area contributed by atoms with E-state index in [0.29, 0.717) is 0 Å². The molecule has 126 valence electrons. The third-order valence-corrected chi connectivity index (χ3v) is 3.93. The summed E-state index contributed by atoms with van der Waals surface area (Å²) in [4.78, 5) is 26.3. The number of carbonyl (C=O) groups excluding carboxylic acids is 1. The maximum Gasteiger partial charge on any atom is 0.416 e. The predicted octanol–water partition coefficient (Wildman–Crippen LogP) is 2.92. The van der Waals surface area contributed by atoms with Crippen LogP contribution in [0.2, 0.25) is 0 Å². The highest BCUT2D eigenvalue weighted by atomic mass is 19.4. The standard InChI is InChI=1S/C15H17F3N2O3/c1-9-8-20(14(22)23)10(2)7-19(9)13(21)11-4-3-5-12(6-11)15(16,17)18/h3-6,9-10H,7-8H2,1-2H3,(H,22,23)/t9-,10+/m1/s1. The first-order valence-electron chi connectivity index (χ1n) is 7.09. The number of carbonyl (C=O) groups is 2. The minimum atomic E-state index is -4.52. The van der Waals surface area contributed by atoms with E-state index in [2.05, 4.69) is 0 Å². The minimum absolute atomic E-state index is 0.0531. The number of hydrogen-bond acceptors (Lipinski definition) is 2. The molecule has 0 unspecified atom stereocenters. The summed E-state index contributed by atoms with van der Waals surface area (Å²) < 4.78 is 38.3. The van der Waals surface area contributed by atoms with Gasteiger partial charge in [0.05, 0.1) is 5.56 Å². The molecule has 2 rings (SSSR count). The first-order valence-corrected chi connectivity index (χ1v) is 7.09. The molecular formula is C15H17F3N2O3. The Morgan fingerprint density at radius 3 is 2.26 bits per heavy atom. The molecular weight excluding hydrogens is 313 g/mol. The van der Waals surface area contributed by atoms with E-state index in [9.17, 15) is 22.8 Å². The maximum absolute atomic E-state index is 12.8. The summed E-state index contributed by atoms with van der Waals surface area (Å²) in [5.41, 5.74) is -0.934. The fraction of sp³-hybridized carbons (Fsp3) is 0.467. The number of piperazine rings is 1. The van der Waals surface area contributed by atoms with Gasteiger partial charge in [-0.2, -0.15) is 13.2 Å². The molecule has 1 N–H and O–H groups in total. The Morgan fingerprint density at radius 1 is 1.13 bits per heavy atom. The second-order valence-electron chi connectivity index (χ2n) is 5.67. The molecule has 0 bridgehead atoms. The van der Waals surface area contributed by atoms with Gasteiger partial charge in [0.15, 0.2) is 0 Å². The smallest absolute Gasteiger partial charge is 0.416 e. The summed E-state index contributed by atoms with van der Waals surface area (Å²) in [5.74, 6) is -0.527. The molecule has 0 saturated carbocycles. The van der Waals surface area contributed by atoms with Gasteiger partial charge in [-0.1, -0.05) is 6.07 Å². The summed E-state index contributed by atoms with van der Waals surface area (Å²) in [6, 6.07) is 3.42. The van der Waals surface area contributed by atoms with Gasteiger partial charge in [0.1, 0.15) is 0 Å². The second-order valence-corrected chi connectivity index (χ2v) is 5.67. The van der Waals surface area contributed by atoms with Crippen LogP contribution in [0.15, 0.2) is 24.3 Å². The number of halogens is 3. The molecule has 5 nitrogen and oxygen atoms in total. The van der Waals surface area contributed by atoms with E-state index in [1.54, 1.807) is 13.8 Å². The van der Waals surface area contributed by atoms with E-state index in [1.807, 2.05) is 0 Å². The second kappa shape index (κ2) is 6.10. The molecule has 1 heterocycles. The van der Waals surface area contributed by atoms with E-state index < -0.39 is 35.8 Å². The Morgan fingerprint density at radius 2 is 1.70 bits per heavy atom. The lowest BCUT2D eigenvalue weighted by atomic mass is 10.0. The average molecular weight is 330 g/mol. The van der Waals surface area contributed by atoms with E-state index in [-0.39, 0.29) is 18.7 Å². The molecule has 2 atom stereocenters. The van der Waals surface area contributed by atoms with Crippen LogP contribution in [0.5, 0.6) is 0 Å². The quantitative estimate of drug-likeness (QED) is 0.861. The van der Waals surface area contributed by atoms with Gasteiger partial charge in [0.2, 0.25) is 0 Å². The Labute approximate surface area is 131 Å². The topological polar surface area (TPSA) is 60.9 Å². The summed E-state index contributed by atoms with van der Waals surface area (Å²) in [5, 5.41) is 9.09. The van der Waals surface area contributed by atoms with Crippen molar-refractivity contribution in [2.75, 3.05) is 13.1 Å². The van der Waals surface area contributed by atoms with Crippen LogP contribution < -0.4 is 0 Å². The van der Waals surface area contributed by atoms with E-state index in [0.717, 1.165) is 12.1 Å². The summed E-state index contributed by atoms with van der Waals surface area (Å²) in [6.07, 6.45) is -5.59. The van der Waals surface area contributed by atoms with Crippen molar-refractivity contribution >= 4 is 12.0 Å². The van der Waals surface area contributed by atoms with Crippen LogP contribution in [-0.4, -0.2) is 52.1 Å². The van der Waals surface area contributed by atoms with Crippen molar-refractivity contribution in [3.8, 4) is 0 Å². The number of carboxylic acid groups (broad SMARTS) is 1. The molecule has 0 aromatic heterocycles. The lowest BCUT2D eigenvalue weighted by Crippen LogP contribution is -2.59. The van der Waals surface area contributed by atoms with Crippen LogP contribution >= 0.6 is 0 Å². The maximum atomic E-state index is 12.8. The third-order valence-electron chi connectivity index (χ3n) is 3.93. The van der Waals surface area contributed by atoms with Crippen LogP contribution in [0, 0.1) is 0 Å². The zero-order valence-corrected chi connectivity index (χ0v) is 12.7. The number of alkyl halides is 3. The molecule has 0 aliphatic carbocycles. The number of hydrogen-bond donors (Lipinski definition) is 1. The zero-order chi connectivity index (χ0) is 17.4. The molecule has 1 aliphatic heterocycles. The van der Waals surface area contributed by atoms with Crippen molar-refractivity contribution in [3.63, 3.8) is 0 Å². The molecule has 2 amide bonds. The fourth-order valence-corrected chi connectivity index (χ4v) is 2.67. The highest BCUT2D eigenvalue weighted by Crippen LogP contribution is 2.30. The van der Waals surface area contributed by atoms with Crippen molar-refractivity contribution < 1.29 is 27.9 Å². The summed E-state index contributed by atoms with van der Waals surface area (Å²) >= 11 is 0. The van der Waals surface area contributed by atoms with Gasteiger partial charge in [-0.05, 0) is 32.0 Å². The molecule has 1 aliphatic rings. The van der Waals surface area contributed by atoms with Gasteiger partial charge < -0.3 is 14.9 Å². The average Bonchev–Trinajstić information content (AvgIpc) is 2.47. The fourth-order valence-electron chi connectivity index (χ4n) is 2.67. The van der Waals surface area contributed by atoms with E-state index >= 15 is 0 Å². The van der Waals surface area contributed by atoms with Crippen molar-refractivity contribution in [1.29, 1.82) is 0 Å². The van der Waals surface area contributed by atoms with Gasteiger partial charge in [-0.25, -0.2) is 4.79 Å². The molecule has 0 radical (unpaired) electrons. The van der Waals surface area contributed by atoms with Gasteiger partial charge >= 0.3 is 12.3 Å². The zero-order valence-electron chi connectivity index (χ0n) is 12.7. The van der Waals surface area contributed by atoms with Crippen LogP contribution in [0.3, 0.4) is 0 Å². The largest absolute Gasteiger partial charge is 0.465 e. The highest BCUT2D eigenvalue weighted by molar-refractivity contribution is 5.94. The van der Waals surface area contributed by atoms with Gasteiger partial charge in [0, 0.05) is 30.7 Å². The van der Waals surface area contributed by atoms with Crippen LogP contribution in [-0.2, 0) is 6.18 Å². The Bertz CT molecular complexity index is 618. The highest BCUT2D eigenvalue weighted by Gasteiger charge is 2.36. The number of rotatable bonds is 1. The molecule has 23 heavy (non-hydrogen) atoms. The predicted molar refractivity (Wildman–Crippen MR) is 76.1 cm³/mol. The molecule has 1 aromatic rings. The van der Waals surface area contributed by atoms with Gasteiger partial charge in [0.25, 0.3) is 5.91 Å². The number of nitrogens with zero attached hydrogens (tertiary/aromatic N) is 2. The Kier molecular flexibility index (Phi) is 4.53. The van der Waals surface area contributed by atoms with E-state index in [1.165, 1.54) is 21.9 Å². The molecule has 0 spiro atoms. The van der Waals surface area contributed by atoms with Crippen molar-refractivity contribution in [1.82, 2.24) is 9.80 Å². The van der Waals surface area contributed by atoms with Crippen LogP contribution in [0.25, 0.3) is 0 Å². The Balaban J connectivity index is 2.23. The lowest BCUT2D eigenvalue weighted by Gasteiger charge is -2.42. The molecule has 1 fully saturated rings. The first-order chi connectivity index (χ1) is 10.6.